The van der Waals surface area contributed by atoms with Gasteiger partial charge >= 0.3 is 0 Å². The summed E-state index contributed by atoms with van der Waals surface area (Å²) in [5.41, 5.74) is 0.817. The van der Waals surface area contributed by atoms with Crippen molar-refractivity contribution < 1.29 is 9.59 Å². The number of ketones is 1. The van der Waals surface area contributed by atoms with Gasteiger partial charge in [-0.1, -0.05) is 22.0 Å². The number of nitrogens with one attached hydrogen (secondary N) is 1. The minimum absolute atomic E-state index is 0.0321. The van der Waals surface area contributed by atoms with E-state index in [1.807, 2.05) is 23.6 Å². The number of halogens is 1. The Morgan fingerprint density at radius 1 is 1.32 bits per heavy atom. The van der Waals surface area contributed by atoms with Gasteiger partial charge in [0.15, 0.2) is 11.7 Å². The van der Waals surface area contributed by atoms with Gasteiger partial charge in [0.05, 0.1) is 6.07 Å². The monoisotopic (exact) mass is 413 g/mol. The van der Waals surface area contributed by atoms with E-state index in [0.717, 1.165) is 20.1 Å². The molecule has 2 heterocycles. The highest BCUT2D eigenvalue weighted by molar-refractivity contribution is 9.10. The van der Waals surface area contributed by atoms with E-state index in [1.165, 1.54) is 17.5 Å². The molecule has 3 rings (SSSR count). The van der Waals surface area contributed by atoms with Crippen LogP contribution in [0.25, 0.3) is 10.1 Å². The standard InChI is InChI=1S/C18H12BrN3O2S/c19-12-4-5-16-13(8-12)11(10-25-16)7-15(23)14(9-20)18(24)22-17-3-1-2-6-21-17/h1-6,8,10,14H,7H2,(H,21,22,24)/t14-/m1/s1. The van der Waals surface area contributed by atoms with Crippen molar-refractivity contribution in [2.45, 2.75) is 6.42 Å². The second kappa shape index (κ2) is 7.55. The fourth-order valence-electron chi connectivity index (χ4n) is 2.39. The maximum Gasteiger partial charge on any atom is 0.250 e. The quantitative estimate of drug-likeness (QED) is 0.641. The number of thiophene rings is 1. The van der Waals surface area contributed by atoms with Crippen LogP contribution in [0.4, 0.5) is 5.82 Å². The van der Waals surface area contributed by atoms with Gasteiger partial charge in [0.1, 0.15) is 5.82 Å². The van der Waals surface area contributed by atoms with E-state index in [0.29, 0.717) is 5.82 Å². The number of fused-ring (bicyclic) bond motifs is 1. The third-order valence-corrected chi connectivity index (χ3v) is 5.12. The van der Waals surface area contributed by atoms with Crippen LogP contribution in [0.1, 0.15) is 5.56 Å². The van der Waals surface area contributed by atoms with Crippen molar-refractivity contribution in [1.29, 1.82) is 5.26 Å². The molecule has 0 bridgehead atoms. The van der Waals surface area contributed by atoms with Crippen LogP contribution < -0.4 is 5.32 Å². The smallest absolute Gasteiger partial charge is 0.250 e. The van der Waals surface area contributed by atoms with Crippen molar-refractivity contribution in [3.05, 3.63) is 58.0 Å². The summed E-state index contributed by atoms with van der Waals surface area (Å²) < 4.78 is 1.97. The van der Waals surface area contributed by atoms with Crippen molar-refractivity contribution in [1.82, 2.24) is 4.98 Å². The van der Waals surface area contributed by atoms with E-state index in [9.17, 15) is 14.9 Å². The number of carbonyl (C=O) groups excluding carboxylic acids is 2. The van der Waals surface area contributed by atoms with Crippen molar-refractivity contribution in [2.75, 3.05) is 5.32 Å². The molecule has 0 aliphatic carbocycles. The second-order valence-corrected chi connectivity index (χ2v) is 7.14. The van der Waals surface area contributed by atoms with Crippen LogP contribution in [0.15, 0.2) is 52.4 Å². The number of Topliss-reactive ketones (excluding diaryl/α,β-unsaturated/α-hetero) is 1. The highest BCUT2D eigenvalue weighted by Gasteiger charge is 2.27. The molecule has 1 atom stereocenters. The molecule has 7 heteroatoms. The molecule has 124 valence electrons. The molecule has 3 aromatic rings. The molecule has 0 spiro atoms. The number of hydrogen-bond donors (Lipinski definition) is 1. The lowest BCUT2D eigenvalue weighted by molar-refractivity contribution is -0.128. The number of nitrogens with zero attached hydrogens (tertiary/aromatic N) is 2. The summed E-state index contributed by atoms with van der Waals surface area (Å²) in [4.78, 5) is 28.7. The first-order valence-electron chi connectivity index (χ1n) is 7.38. The molecule has 2 aromatic heterocycles. The van der Waals surface area contributed by atoms with Crippen LogP contribution in [0, 0.1) is 17.2 Å². The maximum atomic E-state index is 12.5. The number of hydrogen-bond acceptors (Lipinski definition) is 5. The van der Waals surface area contributed by atoms with E-state index in [-0.39, 0.29) is 6.42 Å². The Morgan fingerprint density at radius 2 is 2.16 bits per heavy atom. The zero-order valence-electron chi connectivity index (χ0n) is 12.9. The first-order chi connectivity index (χ1) is 12.1. The topological polar surface area (TPSA) is 82.8 Å². The Bertz CT molecular complexity index is 979. The fraction of sp³-hybridized carbons (Fsp3) is 0.111. The molecular formula is C18H12BrN3O2S. The largest absolute Gasteiger partial charge is 0.309 e. The van der Waals surface area contributed by atoms with Gasteiger partial charge in [-0.15, -0.1) is 11.3 Å². The fourth-order valence-corrected chi connectivity index (χ4v) is 3.70. The minimum Gasteiger partial charge on any atom is -0.309 e. The Balaban J connectivity index is 1.77. The molecule has 0 saturated heterocycles. The molecule has 0 aliphatic rings. The van der Waals surface area contributed by atoms with E-state index >= 15 is 0 Å². The lowest BCUT2D eigenvalue weighted by Crippen LogP contribution is -2.29. The van der Waals surface area contributed by atoms with Gasteiger partial charge in [0.25, 0.3) is 5.91 Å². The van der Waals surface area contributed by atoms with E-state index < -0.39 is 17.6 Å². The summed E-state index contributed by atoms with van der Waals surface area (Å²) in [7, 11) is 0. The zero-order chi connectivity index (χ0) is 17.8. The highest BCUT2D eigenvalue weighted by Crippen LogP contribution is 2.29. The Morgan fingerprint density at radius 3 is 2.88 bits per heavy atom. The molecule has 0 unspecified atom stereocenters. The number of nitriles is 1. The molecule has 0 fully saturated rings. The van der Waals surface area contributed by atoms with Crippen molar-refractivity contribution >= 4 is 54.9 Å². The first-order valence-corrected chi connectivity index (χ1v) is 9.05. The van der Waals surface area contributed by atoms with Gasteiger partial charge < -0.3 is 5.32 Å². The second-order valence-electron chi connectivity index (χ2n) is 5.31. The van der Waals surface area contributed by atoms with Crippen LogP contribution in [0.5, 0.6) is 0 Å². The van der Waals surface area contributed by atoms with Gasteiger partial charge in [-0.2, -0.15) is 5.26 Å². The average Bonchev–Trinajstić information content (AvgIpc) is 2.98. The van der Waals surface area contributed by atoms with Crippen molar-refractivity contribution in [3.63, 3.8) is 0 Å². The molecule has 1 N–H and O–H groups in total. The molecule has 5 nitrogen and oxygen atoms in total. The Kier molecular flexibility index (Phi) is 5.22. The van der Waals surface area contributed by atoms with Gasteiger partial charge in [-0.3, -0.25) is 9.59 Å². The summed E-state index contributed by atoms with van der Waals surface area (Å²) in [6.07, 6.45) is 1.55. The number of carbonyl (C=O) groups is 2. The number of benzene rings is 1. The van der Waals surface area contributed by atoms with E-state index in [2.05, 4.69) is 26.2 Å². The van der Waals surface area contributed by atoms with Gasteiger partial charge in [-0.05, 0) is 46.7 Å². The van der Waals surface area contributed by atoms with Gasteiger partial charge in [0.2, 0.25) is 0 Å². The third kappa shape index (κ3) is 3.92. The Labute approximate surface area is 156 Å². The average molecular weight is 414 g/mol. The normalized spacial score (nSPS) is 11.7. The summed E-state index contributed by atoms with van der Waals surface area (Å²) >= 11 is 4.95. The molecular weight excluding hydrogens is 402 g/mol. The predicted molar refractivity (Wildman–Crippen MR) is 100 cm³/mol. The molecule has 25 heavy (non-hydrogen) atoms. The van der Waals surface area contributed by atoms with Crippen LogP contribution in [0.3, 0.4) is 0 Å². The van der Waals surface area contributed by atoms with Gasteiger partial charge in [0, 0.05) is 21.8 Å². The summed E-state index contributed by atoms with van der Waals surface area (Å²) in [5, 5.41) is 14.6. The Hall–Kier alpha value is -2.56. The number of pyridine rings is 1. The van der Waals surface area contributed by atoms with Crippen LogP contribution in [0.2, 0.25) is 0 Å². The third-order valence-electron chi connectivity index (χ3n) is 3.61. The summed E-state index contributed by atoms with van der Waals surface area (Å²) in [6, 6.07) is 12.7. The number of rotatable bonds is 5. The molecule has 0 saturated carbocycles. The first kappa shape index (κ1) is 17.3. The SMILES string of the molecule is N#C[C@H](C(=O)Cc1csc2ccc(Br)cc12)C(=O)Nc1ccccn1. The summed E-state index contributed by atoms with van der Waals surface area (Å²) in [5.74, 6) is -2.16. The van der Waals surface area contributed by atoms with Crippen LogP contribution in [-0.2, 0) is 16.0 Å². The highest BCUT2D eigenvalue weighted by atomic mass is 79.9. The molecule has 1 amide bonds. The number of amides is 1. The molecule has 0 aliphatic heterocycles. The molecule has 0 radical (unpaired) electrons. The van der Waals surface area contributed by atoms with Gasteiger partial charge in [-0.25, -0.2) is 4.98 Å². The predicted octanol–water partition coefficient (Wildman–Crippen LogP) is 3.95. The molecule has 1 aromatic carbocycles. The lowest BCUT2D eigenvalue weighted by Gasteiger charge is -2.09. The van der Waals surface area contributed by atoms with E-state index in [1.54, 1.807) is 24.3 Å². The minimum atomic E-state index is -1.37. The number of anilines is 1. The lowest BCUT2D eigenvalue weighted by atomic mass is 9.98. The van der Waals surface area contributed by atoms with Crippen molar-refractivity contribution in [3.8, 4) is 6.07 Å². The van der Waals surface area contributed by atoms with Crippen molar-refractivity contribution in [2.24, 2.45) is 5.92 Å². The summed E-state index contributed by atoms with van der Waals surface area (Å²) in [6.45, 7) is 0. The van der Waals surface area contributed by atoms with E-state index in [4.69, 9.17) is 0 Å². The van der Waals surface area contributed by atoms with Crippen LogP contribution in [-0.4, -0.2) is 16.7 Å². The number of aromatic nitrogens is 1. The maximum absolute atomic E-state index is 12.5. The zero-order valence-corrected chi connectivity index (χ0v) is 15.3. The van der Waals surface area contributed by atoms with Crippen LogP contribution >= 0.6 is 27.3 Å².